The predicted molar refractivity (Wildman–Crippen MR) is 160 cm³/mol. The number of rotatable bonds is 13. The van der Waals surface area contributed by atoms with Crippen LogP contribution in [0.3, 0.4) is 0 Å². The minimum atomic E-state index is -0.361. The standard InChI is InChI=1S/C32H42N4O4/c1-21(31(37)39-27-11-7-9-25-29(27)23(19-33-25)15-17-35(3)4)13-14-22(2)32(38)40-28-12-8-10-26-30(28)24(20-34-26)16-18-36(5)6/h7-12,19-22,33-34H,13-18H2,1-6H3. The van der Waals surface area contributed by atoms with Crippen LogP contribution >= 0.6 is 0 Å². The number of H-pyrrole nitrogens is 2. The average molecular weight is 547 g/mol. The fourth-order valence-corrected chi connectivity index (χ4v) is 4.85. The van der Waals surface area contributed by atoms with E-state index in [-0.39, 0.29) is 23.8 Å². The second-order valence-electron chi connectivity index (χ2n) is 11.3. The maximum atomic E-state index is 13.0. The third-order valence-corrected chi connectivity index (χ3v) is 7.41. The summed E-state index contributed by atoms with van der Waals surface area (Å²) < 4.78 is 11.8. The topological polar surface area (TPSA) is 90.7 Å². The number of aromatic amines is 2. The van der Waals surface area contributed by atoms with E-state index in [0.29, 0.717) is 24.3 Å². The number of hydrogen-bond donors (Lipinski definition) is 2. The second kappa shape index (κ2) is 13.2. The number of hydrogen-bond acceptors (Lipinski definition) is 6. The van der Waals surface area contributed by atoms with Gasteiger partial charge in [0.05, 0.1) is 11.8 Å². The minimum Gasteiger partial charge on any atom is -0.426 e. The van der Waals surface area contributed by atoms with Gasteiger partial charge in [0.25, 0.3) is 0 Å². The van der Waals surface area contributed by atoms with Crippen molar-refractivity contribution >= 4 is 33.7 Å². The van der Waals surface area contributed by atoms with Crippen LogP contribution in [-0.2, 0) is 22.4 Å². The maximum absolute atomic E-state index is 13.0. The fraction of sp³-hybridized carbons (Fsp3) is 0.438. The SMILES string of the molecule is CC(CCC(C)C(=O)Oc1cccc2[nH]cc(CCN(C)C)c12)C(=O)Oc1cccc2[nH]cc(CCN(C)C)c12. The Balaban J connectivity index is 1.36. The summed E-state index contributed by atoms with van der Waals surface area (Å²) in [5, 5.41) is 1.90. The Morgan fingerprint density at radius 2 is 1.10 bits per heavy atom. The minimum absolute atomic E-state index is 0.296. The molecule has 214 valence electrons. The zero-order chi connectivity index (χ0) is 28.8. The van der Waals surface area contributed by atoms with Crippen LogP contribution in [0.1, 0.15) is 37.8 Å². The lowest BCUT2D eigenvalue weighted by Crippen LogP contribution is -2.22. The Morgan fingerprint density at radius 1 is 0.700 bits per heavy atom. The summed E-state index contributed by atoms with van der Waals surface area (Å²) in [6, 6.07) is 11.4. The molecule has 0 saturated heterocycles. The van der Waals surface area contributed by atoms with E-state index in [4.69, 9.17) is 9.47 Å². The van der Waals surface area contributed by atoms with Crippen LogP contribution in [0.4, 0.5) is 0 Å². The zero-order valence-electron chi connectivity index (χ0n) is 24.5. The molecule has 0 spiro atoms. The highest BCUT2D eigenvalue weighted by atomic mass is 16.5. The van der Waals surface area contributed by atoms with Crippen LogP contribution in [0.2, 0.25) is 0 Å². The highest BCUT2D eigenvalue weighted by Gasteiger charge is 2.23. The number of nitrogens with one attached hydrogen (secondary N) is 2. The van der Waals surface area contributed by atoms with E-state index in [1.54, 1.807) is 0 Å². The maximum Gasteiger partial charge on any atom is 0.314 e. The van der Waals surface area contributed by atoms with Crippen molar-refractivity contribution in [3.05, 3.63) is 59.9 Å². The van der Waals surface area contributed by atoms with E-state index >= 15 is 0 Å². The normalized spacial score (nSPS) is 13.3. The van der Waals surface area contributed by atoms with Gasteiger partial charge in [-0.15, -0.1) is 0 Å². The number of carbonyl (C=O) groups excluding carboxylic acids is 2. The van der Waals surface area contributed by atoms with Crippen LogP contribution in [0.15, 0.2) is 48.8 Å². The highest BCUT2D eigenvalue weighted by molar-refractivity contribution is 5.92. The molecule has 2 heterocycles. The molecule has 2 unspecified atom stereocenters. The Labute approximate surface area is 236 Å². The number of nitrogens with zero attached hydrogens (tertiary/aromatic N) is 2. The molecule has 0 amide bonds. The summed E-state index contributed by atoms with van der Waals surface area (Å²) >= 11 is 0. The molecule has 0 radical (unpaired) electrons. The fourth-order valence-electron chi connectivity index (χ4n) is 4.85. The van der Waals surface area contributed by atoms with E-state index < -0.39 is 0 Å². The Kier molecular flexibility index (Phi) is 9.66. The van der Waals surface area contributed by atoms with Gasteiger partial charge in [-0.25, -0.2) is 0 Å². The lowest BCUT2D eigenvalue weighted by Gasteiger charge is -2.16. The molecule has 8 heteroatoms. The summed E-state index contributed by atoms with van der Waals surface area (Å²) in [5.41, 5.74) is 4.15. The van der Waals surface area contributed by atoms with Gasteiger partial charge in [-0.2, -0.15) is 0 Å². The van der Waals surface area contributed by atoms with Gasteiger partial charge in [0.15, 0.2) is 0 Å². The molecule has 40 heavy (non-hydrogen) atoms. The second-order valence-corrected chi connectivity index (χ2v) is 11.3. The molecule has 8 nitrogen and oxygen atoms in total. The number of fused-ring (bicyclic) bond motifs is 2. The molecule has 0 bridgehead atoms. The van der Waals surface area contributed by atoms with Crippen LogP contribution in [0.5, 0.6) is 11.5 Å². The first-order valence-corrected chi connectivity index (χ1v) is 14.0. The number of likely N-dealkylation sites (N-methyl/N-ethyl adjacent to an activating group) is 2. The molecule has 2 aromatic carbocycles. The first-order valence-electron chi connectivity index (χ1n) is 14.0. The van der Waals surface area contributed by atoms with Gasteiger partial charge in [0.1, 0.15) is 11.5 Å². The van der Waals surface area contributed by atoms with Crippen molar-refractivity contribution in [3.63, 3.8) is 0 Å². The molecule has 0 aliphatic carbocycles. The molecule has 0 fully saturated rings. The first kappa shape index (κ1) is 29.4. The van der Waals surface area contributed by atoms with Crippen molar-refractivity contribution in [2.24, 2.45) is 11.8 Å². The lowest BCUT2D eigenvalue weighted by atomic mass is 9.98. The zero-order valence-corrected chi connectivity index (χ0v) is 24.5. The van der Waals surface area contributed by atoms with Crippen molar-refractivity contribution in [3.8, 4) is 11.5 Å². The monoisotopic (exact) mass is 546 g/mol. The van der Waals surface area contributed by atoms with Gasteiger partial charge in [-0.1, -0.05) is 26.0 Å². The highest BCUT2D eigenvalue weighted by Crippen LogP contribution is 2.32. The summed E-state index contributed by atoms with van der Waals surface area (Å²) in [6.07, 6.45) is 6.72. The van der Waals surface area contributed by atoms with Crippen LogP contribution < -0.4 is 9.47 Å². The largest absolute Gasteiger partial charge is 0.426 e. The van der Waals surface area contributed by atoms with E-state index in [0.717, 1.165) is 58.9 Å². The van der Waals surface area contributed by atoms with Crippen molar-refractivity contribution in [2.45, 2.75) is 39.5 Å². The first-order chi connectivity index (χ1) is 19.1. The molecule has 2 aromatic heterocycles. The molecule has 4 rings (SSSR count). The van der Waals surface area contributed by atoms with Crippen LogP contribution in [0.25, 0.3) is 21.8 Å². The molecule has 2 atom stereocenters. The summed E-state index contributed by atoms with van der Waals surface area (Å²) in [7, 11) is 8.16. The number of esters is 2. The van der Waals surface area contributed by atoms with Crippen molar-refractivity contribution in [1.29, 1.82) is 0 Å². The average Bonchev–Trinajstić information content (AvgIpc) is 3.54. The van der Waals surface area contributed by atoms with Gasteiger partial charge in [0.2, 0.25) is 0 Å². The molecular weight excluding hydrogens is 504 g/mol. The molecule has 0 aliphatic rings. The lowest BCUT2D eigenvalue weighted by molar-refractivity contribution is -0.141. The van der Waals surface area contributed by atoms with Gasteiger partial charge in [-0.05, 0) is 89.3 Å². The van der Waals surface area contributed by atoms with Gasteiger partial charge in [0, 0.05) is 47.3 Å². The predicted octanol–water partition coefficient (Wildman–Crippen LogP) is 5.42. The number of aromatic nitrogens is 2. The molecule has 2 N–H and O–H groups in total. The molecule has 0 saturated carbocycles. The van der Waals surface area contributed by atoms with Crippen LogP contribution in [0, 0.1) is 11.8 Å². The van der Waals surface area contributed by atoms with Crippen molar-refractivity contribution in [2.75, 3.05) is 41.3 Å². The third-order valence-electron chi connectivity index (χ3n) is 7.41. The quantitative estimate of drug-likeness (QED) is 0.172. The summed E-state index contributed by atoms with van der Waals surface area (Å²) in [6.45, 7) is 5.50. The van der Waals surface area contributed by atoms with E-state index in [1.807, 2.05) is 90.8 Å². The number of carbonyl (C=O) groups is 2. The van der Waals surface area contributed by atoms with Crippen molar-refractivity contribution in [1.82, 2.24) is 19.8 Å². The molecule has 0 aliphatic heterocycles. The third kappa shape index (κ3) is 7.11. The van der Waals surface area contributed by atoms with Crippen LogP contribution in [-0.4, -0.2) is 73.0 Å². The molecular formula is C32H42N4O4. The van der Waals surface area contributed by atoms with E-state index in [9.17, 15) is 9.59 Å². The van der Waals surface area contributed by atoms with Gasteiger partial charge < -0.3 is 29.2 Å². The number of ether oxygens (including phenoxy) is 2. The summed E-state index contributed by atoms with van der Waals surface area (Å²) in [4.78, 5) is 36.9. The Hall–Kier alpha value is -3.62. The Morgan fingerprint density at radius 3 is 1.48 bits per heavy atom. The molecule has 4 aromatic rings. The van der Waals surface area contributed by atoms with Gasteiger partial charge >= 0.3 is 11.9 Å². The Bertz CT molecular complexity index is 1340. The van der Waals surface area contributed by atoms with Gasteiger partial charge in [-0.3, -0.25) is 9.59 Å². The number of benzene rings is 2. The summed E-state index contributed by atoms with van der Waals surface area (Å²) in [5.74, 6) is -0.172. The van der Waals surface area contributed by atoms with E-state index in [2.05, 4.69) is 19.8 Å². The smallest absolute Gasteiger partial charge is 0.314 e. The van der Waals surface area contributed by atoms with E-state index in [1.165, 1.54) is 0 Å². The van der Waals surface area contributed by atoms with Crippen molar-refractivity contribution < 1.29 is 19.1 Å².